The number of hydrogen-bond donors (Lipinski definition) is 2. The Hall–Kier alpha value is -1.10. The number of thiophene rings is 1. The highest BCUT2D eigenvalue weighted by Gasteiger charge is 2.21. The summed E-state index contributed by atoms with van der Waals surface area (Å²) >= 11 is 1.62. The molecule has 2 aromatic rings. The van der Waals surface area contributed by atoms with E-state index in [1.807, 2.05) is 23.6 Å². The highest BCUT2D eigenvalue weighted by atomic mass is 35.5. The third kappa shape index (κ3) is 3.14. The van der Waals surface area contributed by atoms with Crippen LogP contribution >= 0.6 is 23.7 Å². The molecule has 20 heavy (non-hydrogen) atoms. The van der Waals surface area contributed by atoms with Crippen LogP contribution in [0.5, 0.6) is 0 Å². The fourth-order valence-corrected chi connectivity index (χ4v) is 3.62. The minimum atomic E-state index is 0. The maximum Gasteiger partial charge on any atom is 0.252 e. The van der Waals surface area contributed by atoms with Crippen molar-refractivity contribution < 1.29 is 4.79 Å². The Morgan fingerprint density at radius 2 is 1.90 bits per heavy atom. The van der Waals surface area contributed by atoms with Gasteiger partial charge in [-0.3, -0.25) is 4.79 Å². The number of nitrogens with two attached hydrogens (primary N) is 1. The van der Waals surface area contributed by atoms with E-state index in [0.717, 1.165) is 36.6 Å². The van der Waals surface area contributed by atoms with E-state index in [4.69, 9.17) is 5.73 Å². The fraction of sp³-hybridized carbons (Fsp3) is 0.400. The molecule has 1 saturated carbocycles. The molecule has 108 valence electrons. The van der Waals surface area contributed by atoms with Crippen LogP contribution in [0.2, 0.25) is 0 Å². The molecular formula is C15H19ClN2OS. The van der Waals surface area contributed by atoms with E-state index in [0.29, 0.717) is 6.04 Å². The predicted octanol–water partition coefficient (Wildman–Crippen LogP) is 3.32. The summed E-state index contributed by atoms with van der Waals surface area (Å²) in [4.78, 5) is 12.3. The lowest BCUT2D eigenvalue weighted by molar-refractivity contribution is 0.0928. The summed E-state index contributed by atoms with van der Waals surface area (Å²) in [5, 5.41) is 6.15. The summed E-state index contributed by atoms with van der Waals surface area (Å²) in [6.45, 7) is 0. The monoisotopic (exact) mass is 310 g/mol. The second-order valence-corrected chi connectivity index (χ2v) is 6.14. The van der Waals surface area contributed by atoms with Gasteiger partial charge in [0.2, 0.25) is 0 Å². The Morgan fingerprint density at radius 1 is 1.20 bits per heavy atom. The Bertz CT molecular complexity index is 590. The molecule has 3 rings (SSSR count). The third-order valence-electron chi connectivity index (χ3n) is 3.83. The first kappa shape index (κ1) is 15.3. The zero-order chi connectivity index (χ0) is 13.2. The Kier molecular flexibility index (Phi) is 5.02. The van der Waals surface area contributed by atoms with Crippen molar-refractivity contribution >= 4 is 39.7 Å². The molecule has 0 saturated heterocycles. The number of rotatable bonds is 2. The molecule has 1 aromatic heterocycles. The summed E-state index contributed by atoms with van der Waals surface area (Å²) in [6, 6.07) is 8.64. The zero-order valence-corrected chi connectivity index (χ0v) is 12.8. The minimum absolute atomic E-state index is 0. The molecule has 3 nitrogen and oxygen atoms in total. The summed E-state index contributed by atoms with van der Waals surface area (Å²) in [5.74, 6) is 0.0536. The van der Waals surface area contributed by atoms with Gasteiger partial charge < -0.3 is 11.1 Å². The Balaban J connectivity index is 0.00000147. The number of benzene rings is 1. The topological polar surface area (TPSA) is 55.1 Å². The second kappa shape index (κ2) is 6.57. The van der Waals surface area contributed by atoms with Crippen molar-refractivity contribution in [2.75, 3.05) is 0 Å². The highest BCUT2D eigenvalue weighted by Crippen LogP contribution is 2.26. The summed E-state index contributed by atoms with van der Waals surface area (Å²) < 4.78 is 1.17. The lowest BCUT2D eigenvalue weighted by Crippen LogP contribution is -2.40. The molecule has 0 atom stereocenters. The van der Waals surface area contributed by atoms with Crippen molar-refractivity contribution in [3.05, 3.63) is 35.2 Å². The Labute approximate surface area is 129 Å². The van der Waals surface area contributed by atoms with Crippen LogP contribution in [0, 0.1) is 0 Å². The maximum absolute atomic E-state index is 12.3. The van der Waals surface area contributed by atoms with Crippen LogP contribution in [-0.4, -0.2) is 18.0 Å². The van der Waals surface area contributed by atoms with Gasteiger partial charge in [0, 0.05) is 27.5 Å². The first-order chi connectivity index (χ1) is 9.24. The van der Waals surface area contributed by atoms with E-state index < -0.39 is 0 Å². The van der Waals surface area contributed by atoms with Crippen LogP contribution < -0.4 is 11.1 Å². The number of amides is 1. The first-order valence-electron chi connectivity index (χ1n) is 6.76. The van der Waals surface area contributed by atoms with Gasteiger partial charge in [0.25, 0.3) is 5.91 Å². The number of hydrogen-bond acceptors (Lipinski definition) is 3. The molecule has 1 amide bonds. The Morgan fingerprint density at radius 3 is 2.65 bits per heavy atom. The van der Waals surface area contributed by atoms with Crippen LogP contribution in [-0.2, 0) is 0 Å². The smallest absolute Gasteiger partial charge is 0.252 e. The van der Waals surface area contributed by atoms with E-state index >= 15 is 0 Å². The van der Waals surface area contributed by atoms with Gasteiger partial charge in [-0.15, -0.1) is 23.7 Å². The normalized spacial score (nSPS) is 22.2. The molecule has 0 unspecified atom stereocenters. The largest absolute Gasteiger partial charge is 0.349 e. The number of fused-ring (bicyclic) bond motifs is 1. The maximum atomic E-state index is 12.3. The molecular weight excluding hydrogens is 292 g/mol. The summed E-state index contributed by atoms with van der Waals surface area (Å²) in [6.07, 6.45) is 4.01. The van der Waals surface area contributed by atoms with Crippen LogP contribution in [0.25, 0.3) is 10.1 Å². The molecule has 3 N–H and O–H groups in total. The van der Waals surface area contributed by atoms with Gasteiger partial charge in [-0.05, 0) is 31.7 Å². The van der Waals surface area contributed by atoms with Gasteiger partial charge in [0.1, 0.15) is 0 Å². The quantitative estimate of drug-likeness (QED) is 0.894. The number of carbonyl (C=O) groups is 1. The summed E-state index contributed by atoms with van der Waals surface area (Å²) in [7, 11) is 0. The van der Waals surface area contributed by atoms with Crippen molar-refractivity contribution in [3.63, 3.8) is 0 Å². The number of carbonyl (C=O) groups excluding carboxylic acids is 1. The lowest BCUT2D eigenvalue weighted by atomic mass is 9.91. The standard InChI is InChI=1S/C15H18N2OS.ClH/c16-10-5-7-11(8-6-10)17-15(18)13-9-19-14-4-2-1-3-12(13)14;/h1-4,9-11H,5-8,16H2,(H,17,18);1H. The zero-order valence-electron chi connectivity index (χ0n) is 11.2. The average molecular weight is 311 g/mol. The predicted molar refractivity (Wildman–Crippen MR) is 86.8 cm³/mol. The van der Waals surface area contributed by atoms with E-state index in [9.17, 15) is 4.79 Å². The van der Waals surface area contributed by atoms with Crippen molar-refractivity contribution in [1.82, 2.24) is 5.32 Å². The van der Waals surface area contributed by atoms with Gasteiger partial charge in [0.15, 0.2) is 0 Å². The van der Waals surface area contributed by atoms with Crippen LogP contribution in [0.1, 0.15) is 36.0 Å². The van der Waals surface area contributed by atoms with E-state index in [1.54, 1.807) is 11.3 Å². The summed E-state index contributed by atoms with van der Waals surface area (Å²) in [5.41, 5.74) is 6.69. The van der Waals surface area contributed by atoms with Crippen molar-refractivity contribution in [3.8, 4) is 0 Å². The molecule has 1 aliphatic rings. The average Bonchev–Trinajstić information content (AvgIpc) is 2.85. The third-order valence-corrected chi connectivity index (χ3v) is 4.80. The molecule has 0 aliphatic heterocycles. The lowest BCUT2D eigenvalue weighted by Gasteiger charge is -2.26. The SMILES string of the molecule is Cl.NC1CCC(NC(=O)c2csc3ccccc23)CC1. The molecule has 0 spiro atoms. The van der Waals surface area contributed by atoms with Crippen LogP contribution in [0.3, 0.4) is 0 Å². The molecule has 1 heterocycles. The number of halogens is 1. The number of nitrogens with one attached hydrogen (secondary N) is 1. The van der Waals surface area contributed by atoms with Gasteiger partial charge >= 0.3 is 0 Å². The first-order valence-corrected chi connectivity index (χ1v) is 7.64. The van der Waals surface area contributed by atoms with Gasteiger partial charge in [-0.1, -0.05) is 18.2 Å². The van der Waals surface area contributed by atoms with Crippen molar-refractivity contribution in [1.29, 1.82) is 0 Å². The van der Waals surface area contributed by atoms with Gasteiger partial charge in [0.05, 0.1) is 5.56 Å². The van der Waals surface area contributed by atoms with E-state index in [1.165, 1.54) is 4.70 Å². The molecule has 0 bridgehead atoms. The van der Waals surface area contributed by atoms with Gasteiger partial charge in [-0.25, -0.2) is 0 Å². The van der Waals surface area contributed by atoms with Crippen LogP contribution in [0.4, 0.5) is 0 Å². The van der Waals surface area contributed by atoms with E-state index in [-0.39, 0.29) is 24.4 Å². The second-order valence-electron chi connectivity index (χ2n) is 5.23. The highest BCUT2D eigenvalue weighted by molar-refractivity contribution is 7.17. The van der Waals surface area contributed by atoms with Crippen molar-refractivity contribution in [2.24, 2.45) is 5.73 Å². The van der Waals surface area contributed by atoms with Gasteiger partial charge in [-0.2, -0.15) is 0 Å². The minimum Gasteiger partial charge on any atom is -0.349 e. The van der Waals surface area contributed by atoms with Crippen molar-refractivity contribution in [2.45, 2.75) is 37.8 Å². The molecule has 0 radical (unpaired) electrons. The molecule has 1 aliphatic carbocycles. The van der Waals surface area contributed by atoms with Crippen LogP contribution in [0.15, 0.2) is 29.6 Å². The molecule has 5 heteroatoms. The molecule has 1 fully saturated rings. The molecule has 1 aromatic carbocycles. The fourth-order valence-electron chi connectivity index (χ4n) is 2.68. The van der Waals surface area contributed by atoms with E-state index in [2.05, 4.69) is 11.4 Å².